The molecule has 0 saturated heterocycles. The summed E-state index contributed by atoms with van der Waals surface area (Å²) >= 11 is 0. The Morgan fingerprint density at radius 1 is 0.463 bits per heavy atom. The van der Waals surface area contributed by atoms with Gasteiger partial charge in [-0.3, -0.25) is 4.79 Å². The summed E-state index contributed by atoms with van der Waals surface area (Å²) < 4.78 is 0. The largest absolute Gasteiger partial charge is 0.394 e. The molecule has 0 fully saturated rings. The molecule has 5 nitrogen and oxygen atoms in total. The number of aliphatic hydroxyl groups excluding tert-OH is 3. The van der Waals surface area contributed by atoms with Gasteiger partial charge in [-0.15, -0.1) is 0 Å². The van der Waals surface area contributed by atoms with Crippen LogP contribution >= 0.6 is 0 Å². The second-order valence-corrected chi connectivity index (χ2v) is 16.3. The summed E-state index contributed by atoms with van der Waals surface area (Å²) in [5.41, 5.74) is 0. The molecule has 0 aromatic heterocycles. The van der Waals surface area contributed by atoms with Gasteiger partial charge in [0.25, 0.3) is 0 Å². The number of aliphatic hydroxyl groups is 3. The molecule has 4 N–H and O–H groups in total. The van der Waals surface area contributed by atoms with Crippen LogP contribution in [0.15, 0.2) is 36.5 Å². The van der Waals surface area contributed by atoms with Crippen LogP contribution in [0, 0.1) is 0 Å². The molecule has 0 spiro atoms. The first-order chi connectivity index (χ1) is 26.6. The lowest BCUT2D eigenvalue weighted by molar-refractivity contribution is -0.124. The van der Waals surface area contributed by atoms with Crippen molar-refractivity contribution in [1.29, 1.82) is 0 Å². The van der Waals surface area contributed by atoms with Gasteiger partial charge in [0, 0.05) is 6.42 Å². The number of hydrogen-bond donors (Lipinski definition) is 4. The number of amides is 1. The lowest BCUT2D eigenvalue weighted by atomic mass is 10.0. The average Bonchev–Trinajstić information content (AvgIpc) is 3.18. The second-order valence-electron chi connectivity index (χ2n) is 16.3. The van der Waals surface area contributed by atoms with Crippen LogP contribution in [0.3, 0.4) is 0 Å². The molecule has 3 atom stereocenters. The van der Waals surface area contributed by atoms with Crippen LogP contribution in [0.2, 0.25) is 0 Å². The standard InChI is InChI=1S/C49H93NO4/c1-3-5-7-9-11-13-15-16-17-18-19-20-21-22-23-24-25-26-27-28-29-30-31-32-34-36-38-40-42-44-48(53)50-46(45-51)49(54)47(52)43-41-39-37-35-33-14-12-10-8-6-4-2/h19-20,22-23,35,37,46-47,49,51-52,54H,3-18,21,24-34,36,38-45H2,1-2H3,(H,50,53)/b20-19-,23-22-,37-35+. The van der Waals surface area contributed by atoms with Crippen LogP contribution in [0.4, 0.5) is 0 Å². The van der Waals surface area contributed by atoms with Gasteiger partial charge in [0.2, 0.25) is 5.91 Å². The van der Waals surface area contributed by atoms with E-state index in [1.54, 1.807) is 0 Å². The zero-order valence-corrected chi connectivity index (χ0v) is 36.1. The maximum atomic E-state index is 12.4. The molecular weight excluding hydrogens is 667 g/mol. The van der Waals surface area contributed by atoms with E-state index in [1.807, 2.05) is 0 Å². The normalized spacial score (nSPS) is 13.8. The molecule has 0 heterocycles. The van der Waals surface area contributed by atoms with Crippen LogP contribution in [0.1, 0.15) is 245 Å². The summed E-state index contributed by atoms with van der Waals surface area (Å²) in [6, 6.07) is -0.825. The molecule has 1 amide bonds. The highest BCUT2D eigenvalue weighted by Crippen LogP contribution is 2.15. The lowest BCUT2D eigenvalue weighted by Gasteiger charge is -2.26. The van der Waals surface area contributed by atoms with Gasteiger partial charge in [-0.1, -0.05) is 204 Å². The van der Waals surface area contributed by atoms with E-state index in [4.69, 9.17) is 0 Å². The lowest BCUT2D eigenvalue weighted by Crippen LogP contribution is -2.50. The SMILES string of the molecule is CCCCCCCC/C=C/CCCC(O)C(O)C(CO)NC(=O)CCCCCCCCCCCCCCC/C=C\C/C=C\CCCCCCCCCCC. The highest BCUT2D eigenvalue weighted by atomic mass is 16.3. The molecule has 54 heavy (non-hydrogen) atoms. The minimum atomic E-state index is -1.16. The molecule has 0 saturated carbocycles. The van der Waals surface area contributed by atoms with Crippen molar-refractivity contribution in [2.45, 2.75) is 263 Å². The summed E-state index contributed by atoms with van der Waals surface area (Å²) in [7, 11) is 0. The van der Waals surface area contributed by atoms with Crippen molar-refractivity contribution < 1.29 is 20.1 Å². The first-order valence-electron chi connectivity index (χ1n) is 23.8. The summed E-state index contributed by atoms with van der Waals surface area (Å²) in [5.74, 6) is -0.156. The monoisotopic (exact) mass is 760 g/mol. The van der Waals surface area contributed by atoms with E-state index < -0.39 is 18.2 Å². The molecule has 0 bridgehead atoms. The summed E-state index contributed by atoms with van der Waals surface area (Å²) in [4.78, 5) is 12.4. The number of carbonyl (C=O) groups excluding carboxylic acids is 1. The topological polar surface area (TPSA) is 89.8 Å². The van der Waals surface area contributed by atoms with Crippen LogP contribution in [-0.2, 0) is 4.79 Å². The zero-order valence-electron chi connectivity index (χ0n) is 36.1. The molecule has 0 aromatic carbocycles. The highest BCUT2D eigenvalue weighted by Gasteiger charge is 2.26. The molecule has 0 rings (SSSR count). The van der Waals surface area contributed by atoms with Gasteiger partial charge in [-0.05, 0) is 70.6 Å². The fourth-order valence-corrected chi connectivity index (χ4v) is 7.25. The van der Waals surface area contributed by atoms with E-state index >= 15 is 0 Å². The van der Waals surface area contributed by atoms with Gasteiger partial charge in [0.05, 0.1) is 18.8 Å². The Bertz CT molecular complexity index is 840. The molecule has 3 unspecified atom stereocenters. The van der Waals surface area contributed by atoms with Crippen LogP contribution < -0.4 is 5.32 Å². The van der Waals surface area contributed by atoms with Gasteiger partial charge in [0.1, 0.15) is 6.10 Å². The van der Waals surface area contributed by atoms with E-state index in [-0.39, 0.29) is 12.5 Å². The molecule has 0 aliphatic heterocycles. The van der Waals surface area contributed by atoms with Gasteiger partial charge >= 0.3 is 0 Å². The third-order valence-corrected chi connectivity index (χ3v) is 11.0. The molecular formula is C49H93NO4. The fourth-order valence-electron chi connectivity index (χ4n) is 7.25. The van der Waals surface area contributed by atoms with Gasteiger partial charge in [-0.2, -0.15) is 0 Å². The first-order valence-corrected chi connectivity index (χ1v) is 23.8. The van der Waals surface area contributed by atoms with E-state index in [9.17, 15) is 20.1 Å². The average molecular weight is 760 g/mol. The summed E-state index contributed by atoms with van der Waals surface area (Å²) in [6.45, 7) is 4.15. The number of unbranched alkanes of at least 4 members (excludes halogenated alkanes) is 29. The summed E-state index contributed by atoms with van der Waals surface area (Å²) in [6.07, 6.45) is 55.7. The Kier molecular flexibility index (Phi) is 43.1. The van der Waals surface area contributed by atoms with Gasteiger partial charge < -0.3 is 20.6 Å². The van der Waals surface area contributed by atoms with E-state index in [0.29, 0.717) is 12.8 Å². The van der Waals surface area contributed by atoms with Crippen LogP contribution in [-0.4, -0.2) is 46.1 Å². The first kappa shape index (κ1) is 52.6. The van der Waals surface area contributed by atoms with E-state index in [2.05, 4.69) is 55.6 Å². The Hall–Kier alpha value is -1.43. The van der Waals surface area contributed by atoms with Crippen molar-refractivity contribution in [2.75, 3.05) is 6.61 Å². The smallest absolute Gasteiger partial charge is 0.220 e. The molecule has 0 radical (unpaired) electrons. The maximum absolute atomic E-state index is 12.4. The molecule has 0 aliphatic carbocycles. The Morgan fingerprint density at radius 2 is 0.796 bits per heavy atom. The third kappa shape index (κ3) is 38.8. The van der Waals surface area contributed by atoms with Crippen molar-refractivity contribution in [3.05, 3.63) is 36.5 Å². The van der Waals surface area contributed by atoms with Crippen molar-refractivity contribution in [3.8, 4) is 0 Å². The second kappa shape index (κ2) is 44.3. The Balaban J connectivity index is 3.55. The minimum Gasteiger partial charge on any atom is -0.394 e. The highest BCUT2D eigenvalue weighted by molar-refractivity contribution is 5.76. The van der Waals surface area contributed by atoms with Gasteiger partial charge in [-0.25, -0.2) is 0 Å². The van der Waals surface area contributed by atoms with Crippen molar-refractivity contribution in [3.63, 3.8) is 0 Å². The zero-order chi connectivity index (χ0) is 39.4. The fraction of sp³-hybridized carbons (Fsp3) is 0.857. The van der Waals surface area contributed by atoms with Crippen molar-refractivity contribution in [2.24, 2.45) is 0 Å². The molecule has 5 heteroatoms. The minimum absolute atomic E-state index is 0.156. The predicted octanol–water partition coefficient (Wildman–Crippen LogP) is 13.9. The Labute approximate surface area is 336 Å². The molecule has 318 valence electrons. The third-order valence-electron chi connectivity index (χ3n) is 11.0. The quantitative estimate of drug-likeness (QED) is 0.0368. The van der Waals surface area contributed by atoms with Gasteiger partial charge in [0.15, 0.2) is 0 Å². The van der Waals surface area contributed by atoms with E-state index in [1.165, 1.54) is 173 Å². The predicted molar refractivity (Wildman–Crippen MR) is 236 cm³/mol. The summed E-state index contributed by atoms with van der Waals surface area (Å²) in [5, 5.41) is 33.4. The number of hydrogen-bond acceptors (Lipinski definition) is 4. The molecule has 0 aromatic rings. The Morgan fingerprint density at radius 3 is 1.19 bits per heavy atom. The van der Waals surface area contributed by atoms with Crippen LogP contribution in [0.5, 0.6) is 0 Å². The van der Waals surface area contributed by atoms with E-state index in [0.717, 1.165) is 44.9 Å². The number of rotatable bonds is 43. The number of allylic oxidation sites excluding steroid dienone is 6. The molecule has 0 aliphatic rings. The van der Waals surface area contributed by atoms with Crippen LogP contribution in [0.25, 0.3) is 0 Å². The van der Waals surface area contributed by atoms with Crippen molar-refractivity contribution in [1.82, 2.24) is 5.32 Å². The number of nitrogens with one attached hydrogen (secondary N) is 1. The van der Waals surface area contributed by atoms with Crippen molar-refractivity contribution >= 4 is 5.91 Å². The maximum Gasteiger partial charge on any atom is 0.220 e. The number of carbonyl (C=O) groups is 1.